The van der Waals surface area contributed by atoms with E-state index in [1.807, 2.05) is 30.3 Å². The van der Waals surface area contributed by atoms with E-state index in [1.165, 1.54) is 19.5 Å². The molecule has 1 heterocycles. The summed E-state index contributed by atoms with van der Waals surface area (Å²) in [4.78, 5) is 20.9. The Kier molecular flexibility index (Phi) is 6.63. The highest BCUT2D eigenvalue weighted by Gasteiger charge is 2.31. The number of nitrogens with zero attached hydrogens (tertiary/aromatic N) is 2. The summed E-state index contributed by atoms with van der Waals surface area (Å²) in [5.74, 6) is -0.143. The van der Waals surface area contributed by atoms with Crippen LogP contribution in [0.2, 0.25) is 0 Å². The summed E-state index contributed by atoms with van der Waals surface area (Å²) in [6.07, 6.45) is -1.95. The third-order valence-corrected chi connectivity index (χ3v) is 4.05. The van der Waals surface area contributed by atoms with E-state index in [4.69, 9.17) is 9.47 Å². The van der Waals surface area contributed by atoms with Gasteiger partial charge in [-0.2, -0.15) is 13.2 Å². The maximum atomic E-state index is 13.1. The summed E-state index contributed by atoms with van der Waals surface area (Å²) in [6, 6.07) is 12.0. The van der Waals surface area contributed by atoms with Crippen molar-refractivity contribution in [1.82, 2.24) is 9.97 Å². The topological polar surface area (TPSA) is 73.3 Å². The molecule has 9 heteroatoms. The molecule has 0 aliphatic rings. The minimum Gasteiger partial charge on any atom is -0.489 e. The number of ether oxygens (including phenoxy) is 2. The molecule has 1 amide bonds. The summed E-state index contributed by atoms with van der Waals surface area (Å²) < 4.78 is 49.5. The van der Waals surface area contributed by atoms with Crippen LogP contribution in [0, 0.1) is 0 Å². The predicted octanol–water partition coefficient (Wildman–Crippen LogP) is 4.44. The third kappa shape index (κ3) is 5.32. The number of carbonyl (C=O) groups is 1. The van der Waals surface area contributed by atoms with Crippen molar-refractivity contribution in [1.29, 1.82) is 0 Å². The van der Waals surface area contributed by atoms with Crippen LogP contribution in [-0.2, 0) is 10.9 Å². The van der Waals surface area contributed by atoms with E-state index in [2.05, 4.69) is 15.3 Å². The zero-order valence-corrected chi connectivity index (χ0v) is 15.9. The molecule has 6 nitrogen and oxygen atoms in total. The molecule has 0 saturated heterocycles. The summed E-state index contributed by atoms with van der Waals surface area (Å²) in [7, 11) is 1.47. The maximum Gasteiger partial charge on any atom is 0.416 e. The van der Waals surface area contributed by atoms with Crippen molar-refractivity contribution in [2.75, 3.05) is 25.6 Å². The van der Waals surface area contributed by atoms with Crippen LogP contribution in [-0.4, -0.2) is 36.2 Å². The molecule has 0 unspecified atom stereocenters. The number of amides is 1. The number of methoxy groups -OCH3 is 1. The molecular weight excluding hydrogens is 399 g/mol. The lowest BCUT2D eigenvalue weighted by atomic mass is 10.1. The van der Waals surface area contributed by atoms with Crippen LogP contribution in [0.3, 0.4) is 0 Å². The van der Waals surface area contributed by atoms with Gasteiger partial charge in [0, 0.05) is 25.1 Å². The first-order chi connectivity index (χ1) is 14.4. The van der Waals surface area contributed by atoms with Gasteiger partial charge in [0.05, 0.1) is 23.4 Å². The number of carbonyl (C=O) groups excluding carboxylic acids is 1. The zero-order chi connectivity index (χ0) is 21.6. The molecule has 3 aromatic rings. The molecule has 1 N–H and O–H groups in total. The number of hydrogen-bond donors (Lipinski definition) is 1. The van der Waals surface area contributed by atoms with Crippen LogP contribution in [0.5, 0.6) is 5.75 Å². The third-order valence-electron chi connectivity index (χ3n) is 4.05. The van der Waals surface area contributed by atoms with Crippen molar-refractivity contribution in [3.05, 3.63) is 72.1 Å². The van der Waals surface area contributed by atoms with Crippen molar-refractivity contribution in [2.24, 2.45) is 0 Å². The molecule has 3 rings (SSSR count). The van der Waals surface area contributed by atoms with E-state index in [0.29, 0.717) is 5.82 Å². The van der Waals surface area contributed by atoms with Crippen molar-refractivity contribution in [2.45, 2.75) is 6.18 Å². The fraction of sp³-hybridized carbons (Fsp3) is 0.190. The lowest BCUT2D eigenvalue weighted by molar-refractivity contribution is -0.137. The number of benzene rings is 2. The number of alkyl halides is 3. The van der Waals surface area contributed by atoms with Gasteiger partial charge in [-0.05, 0) is 18.2 Å². The smallest absolute Gasteiger partial charge is 0.416 e. The first-order valence-corrected chi connectivity index (χ1v) is 8.90. The Morgan fingerprint density at radius 1 is 1.03 bits per heavy atom. The number of hydrogen-bond acceptors (Lipinski definition) is 5. The van der Waals surface area contributed by atoms with E-state index in [1.54, 1.807) is 0 Å². The van der Waals surface area contributed by atoms with Crippen LogP contribution in [0.4, 0.5) is 18.9 Å². The number of nitrogens with one attached hydrogen (secondary N) is 1. The molecule has 0 spiro atoms. The van der Waals surface area contributed by atoms with Crippen LogP contribution < -0.4 is 10.1 Å². The number of halogens is 3. The Hall–Kier alpha value is -3.46. The quantitative estimate of drug-likeness (QED) is 0.576. The lowest BCUT2D eigenvalue weighted by Gasteiger charge is -2.15. The van der Waals surface area contributed by atoms with Gasteiger partial charge in [0.25, 0.3) is 5.91 Å². The summed E-state index contributed by atoms with van der Waals surface area (Å²) in [6.45, 7) is 0.350. The molecule has 156 valence electrons. The minimum absolute atomic E-state index is 0.0925. The molecular formula is C21H18F3N3O3. The van der Waals surface area contributed by atoms with Gasteiger partial charge < -0.3 is 14.8 Å². The Morgan fingerprint density at radius 2 is 1.73 bits per heavy atom. The summed E-state index contributed by atoms with van der Waals surface area (Å²) in [5.41, 5.74) is -0.156. The normalized spacial score (nSPS) is 11.2. The standard InChI is InChI=1S/C21H18F3N3O3/c1-29-9-10-30-18-8-7-16(21(22,23)24)11-17(18)27-20(28)15-12-25-19(26-13-15)14-5-3-2-4-6-14/h2-8,11-13H,9-10H2,1H3,(H,27,28). The summed E-state index contributed by atoms with van der Waals surface area (Å²) in [5, 5.41) is 2.44. The SMILES string of the molecule is COCCOc1ccc(C(F)(F)F)cc1NC(=O)c1cnc(-c2ccccc2)nc1. The predicted molar refractivity (Wildman–Crippen MR) is 104 cm³/mol. The van der Waals surface area contributed by atoms with Crippen molar-refractivity contribution < 1.29 is 27.4 Å². The van der Waals surface area contributed by atoms with Gasteiger partial charge in [-0.15, -0.1) is 0 Å². The average Bonchev–Trinajstić information content (AvgIpc) is 2.75. The van der Waals surface area contributed by atoms with E-state index in [9.17, 15) is 18.0 Å². The van der Waals surface area contributed by atoms with Gasteiger partial charge in [0.15, 0.2) is 5.82 Å². The second kappa shape index (κ2) is 9.36. The first kappa shape index (κ1) is 21.3. The molecule has 1 aromatic heterocycles. The highest BCUT2D eigenvalue weighted by Crippen LogP contribution is 2.35. The van der Waals surface area contributed by atoms with Gasteiger partial charge in [-0.25, -0.2) is 9.97 Å². The van der Waals surface area contributed by atoms with Gasteiger partial charge in [-0.3, -0.25) is 4.79 Å². The fourth-order valence-corrected chi connectivity index (χ4v) is 2.54. The van der Waals surface area contributed by atoms with Crippen LogP contribution in [0.25, 0.3) is 11.4 Å². The largest absolute Gasteiger partial charge is 0.489 e. The first-order valence-electron chi connectivity index (χ1n) is 8.90. The number of aromatic nitrogens is 2. The molecule has 0 radical (unpaired) electrons. The molecule has 0 saturated carbocycles. The lowest BCUT2D eigenvalue weighted by Crippen LogP contribution is -2.16. The second-order valence-corrected chi connectivity index (χ2v) is 6.17. The fourth-order valence-electron chi connectivity index (χ4n) is 2.54. The van der Waals surface area contributed by atoms with Gasteiger partial charge in [-0.1, -0.05) is 30.3 Å². The Labute approximate surface area is 170 Å². The monoisotopic (exact) mass is 417 g/mol. The van der Waals surface area contributed by atoms with Gasteiger partial charge in [0.1, 0.15) is 12.4 Å². The summed E-state index contributed by atoms with van der Waals surface area (Å²) >= 11 is 0. The molecule has 0 bridgehead atoms. The van der Waals surface area contributed by atoms with Gasteiger partial charge in [0.2, 0.25) is 0 Å². The molecule has 0 aliphatic carbocycles. The van der Waals surface area contributed by atoms with Crippen molar-refractivity contribution in [3.8, 4) is 17.1 Å². The maximum absolute atomic E-state index is 13.1. The second-order valence-electron chi connectivity index (χ2n) is 6.17. The van der Waals surface area contributed by atoms with E-state index >= 15 is 0 Å². The minimum atomic E-state index is -4.56. The molecule has 30 heavy (non-hydrogen) atoms. The highest BCUT2D eigenvalue weighted by atomic mass is 19.4. The zero-order valence-electron chi connectivity index (χ0n) is 15.9. The van der Waals surface area contributed by atoms with E-state index < -0.39 is 17.6 Å². The Morgan fingerprint density at radius 3 is 2.37 bits per heavy atom. The van der Waals surface area contributed by atoms with Crippen LogP contribution in [0.1, 0.15) is 15.9 Å². The van der Waals surface area contributed by atoms with Crippen LogP contribution >= 0.6 is 0 Å². The van der Waals surface area contributed by atoms with Gasteiger partial charge >= 0.3 is 6.18 Å². The number of anilines is 1. The van der Waals surface area contributed by atoms with Crippen LogP contribution in [0.15, 0.2) is 60.9 Å². The average molecular weight is 417 g/mol. The molecule has 2 aromatic carbocycles. The number of rotatable bonds is 7. The molecule has 0 fully saturated rings. The van der Waals surface area contributed by atoms with Crippen molar-refractivity contribution in [3.63, 3.8) is 0 Å². The molecule has 0 aliphatic heterocycles. The highest BCUT2D eigenvalue weighted by molar-refractivity contribution is 6.04. The van der Waals surface area contributed by atoms with E-state index in [0.717, 1.165) is 23.8 Å². The van der Waals surface area contributed by atoms with E-state index in [-0.39, 0.29) is 30.2 Å². The Bertz CT molecular complexity index is 994. The molecule has 0 atom stereocenters. The Balaban J connectivity index is 1.81. The van der Waals surface area contributed by atoms with Crippen molar-refractivity contribution >= 4 is 11.6 Å².